The Hall–Kier alpha value is -2.66. The lowest BCUT2D eigenvalue weighted by molar-refractivity contribution is -0.144. The van der Waals surface area contributed by atoms with Crippen molar-refractivity contribution < 1.29 is 22.6 Å². The number of benzene rings is 1. The maximum absolute atomic E-state index is 13.1. The third-order valence-corrected chi connectivity index (χ3v) is 6.17. The van der Waals surface area contributed by atoms with Gasteiger partial charge >= 0.3 is 11.9 Å². The van der Waals surface area contributed by atoms with Gasteiger partial charge in [-0.2, -0.15) is 22.8 Å². The molecule has 3 aromatic rings. The molecule has 1 aliphatic rings. The number of nitrogens with zero attached hydrogens (tertiary/aromatic N) is 4. The number of alkyl halides is 3. The summed E-state index contributed by atoms with van der Waals surface area (Å²) in [6.45, 7) is 0.275. The van der Waals surface area contributed by atoms with Crippen LogP contribution in [0.15, 0.2) is 33.9 Å². The summed E-state index contributed by atoms with van der Waals surface area (Å²) < 4.78 is 56.7. The number of fused-ring (bicyclic) bond motifs is 1. The SMILES string of the molecule is Cn1c(C(F)(F)F)cc(=O)n(-c2ccc3snc(C4OCC(CSC#N)O4)c3c2)c1=O. The molecule has 1 saturated heterocycles. The summed E-state index contributed by atoms with van der Waals surface area (Å²) in [5.74, 6) is 0.428. The predicted molar refractivity (Wildman–Crippen MR) is 107 cm³/mol. The molecule has 2 unspecified atom stereocenters. The Morgan fingerprint density at radius 2 is 2.13 bits per heavy atom. The van der Waals surface area contributed by atoms with Gasteiger partial charge in [0.1, 0.15) is 16.8 Å². The second-order valence-corrected chi connectivity index (χ2v) is 8.23. The van der Waals surface area contributed by atoms with Gasteiger partial charge in [0, 0.05) is 24.3 Å². The number of thiocyanates is 1. The molecule has 0 aliphatic carbocycles. The molecule has 4 rings (SSSR count). The number of thioether (sulfide) groups is 1. The monoisotopic (exact) mass is 470 g/mol. The van der Waals surface area contributed by atoms with Crippen LogP contribution < -0.4 is 11.2 Å². The number of halogens is 3. The number of nitriles is 1. The van der Waals surface area contributed by atoms with E-state index in [2.05, 4.69) is 4.37 Å². The lowest BCUT2D eigenvalue weighted by atomic mass is 10.2. The topological polar surface area (TPSA) is 99.1 Å². The molecule has 0 bridgehead atoms. The fraction of sp³-hybridized carbons (Fsp3) is 0.333. The first-order chi connectivity index (χ1) is 14.7. The summed E-state index contributed by atoms with van der Waals surface area (Å²) in [4.78, 5) is 24.9. The zero-order valence-electron chi connectivity index (χ0n) is 15.8. The molecule has 8 nitrogen and oxygen atoms in total. The van der Waals surface area contributed by atoms with E-state index >= 15 is 0 Å². The Kier molecular flexibility index (Phi) is 5.65. The number of hydrogen-bond donors (Lipinski definition) is 0. The quantitative estimate of drug-likeness (QED) is 0.541. The maximum Gasteiger partial charge on any atom is 0.431 e. The molecule has 3 heterocycles. The summed E-state index contributed by atoms with van der Waals surface area (Å²) in [6.07, 6.45) is -5.92. The van der Waals surface area contributed by atoms with Crippen LogP contribution in [0, 0.1) is 10.7 Å². The van der Waals surface area contributed by atoms with Gasteiger partial charge in [-0.3, -0.25) is 9.36 Å². The van der Waals surface area contributed by atoms with Crippen molar-refractivity contribution >= 4 is 33.4 Å². The Labute approximate surface area is 180 Å². The fourth-order valence-corrected chi connectivity index (χ4v) is 4.41. The second-order valence-electron chi connectivity index (χ2n) is 6.62. The van der Waals surface area contributed by atoms with Crippen molar-refractivity contribution in [3.8, 4) is 11.1 Å². The van der Waals surface area contributed by atoms with Crippen LogP contribution in [-0.4, -0.2) is 32.0 Å². The molecule has 13 heteroatoms. The lowest BCUT2D eigenvalue weighted by Crippen LogP contribution is -2.40. The summed E-state index contributed by atoms with van der Waals surface area (Å²) in [5.41, 5.74) is -3.01. The number of aromatic nitrogens is 3. The highest BCUT2D eigenvalue weighted by atomic mass is 32.2. The molecule has 0 N–H and O–H groups in total. The van der Waals surface area contributed by atoms with Gasteiger partial charge in [0.2, 0.25) is 6.29 Å². The van der Waals surface area contributed by atoms with Gasteiger partial charge in [0.25, 0.3) is 5.56 Å². The van der Waals surface area contributed by atoms with Crippen LogP contribution in [0.5, 0.6) is 0 Å². The molecule has 162 valence electrons. The molecule has 31 heavy (non-hydrogen) atoms. The van der Waals surface area contributed by atoms with Crippen LogP contribution in [0.25, 0.3) is 15.8 Å². The molecule has 0 radical (unpaired) electrons. The number of rotatable bonds is 4. The molecule has 0 spiro atoms. The number of hydrogen-bond acceptors (Lipinski definition) is 8. The van der Waals surface area contributed by atoms with Crippen LogP contribution >= 0.6 is 23.3 Å². The smallest absolute Gasteiger partial charge is 0.344 e. The predicted octanol–water partition coefficient (Wildman–Crippen LogP) is 2.79. The molecule has 0 amide bonds. The Bertz CT molecular complexity index is 1310. The Morgan fingerprint density at radius 3 is 2.84 bits per heavy atom. The van der Waals surface area contributed by atoms with Crippen molar-refractivity contribution in [2.45, 2.75) is 18.6 Å². The normalized spacial score (nSPS) is 19.1. The molecule has 0 saturated carbocycles. The average molecular weight is 470 g/mol. The van der Waals surface area contributed by atoms with Crippen molar-refractivity contribution in [2.24, 2.45) is 7.05 Å². The molecule has 2 aromatic heterocycles. The van der Waals surface area contributed by atoms with E-state index in [1.54, 1.807) is 6.07 Å². The van der Waals surface area contributed by atoms with Crippen molar-refractivity contribution in [3.05, 3.63) is 56.5 Å². The van der Waals surface area contributed by atoms with Gasteiger partial charge in [-0.15, -0.1) is 0 Å². The standard InChI is InChI=1S/C18H13F3N4O4S2/c1-24-13(18(19,20)21)5-14(26)25(17(24)27)9-2-3-12-11(4-9)15(23-31-12)16-28-6-10(29-16)7-30-8-22/h2-5,10,16H,6-7H2,1H3. The average Bonchev–Trinajstić information content (AvgIpc) is 3.34. The zero-order chi connectivity index (χ0) is 22.3. The first-order valence-electron chi connectivity index (χ1n) is 8.78. The van der Waals surface area contributed by atoms with Crippen molar-refractivity contribution in [3.63, 3.8) is 0 Å². The van der Waals surface area contributed by atoms with Crippen LogP contribution in [0.3, 0.4) is 0 Å². The third kappa shape index (κ3) is 3.99. The van der Waals surface area contributed by atoms with Crippen LogP contribution in [0.4, 0.5) is 13.2 Å². The van der Waals surface area contributed by atoms with Gasteiger partial charge in [-0.25, -0.2) is 9.36 Å². The molecular weight excluding hydrogens is 457 g/mol. The molecule has 2 atom stereocenters. The molecule has 1 aliphatic heterocycles. The lowest BCUT2D eigenvalue weighted by Gasteiger charge is -2.14. The third-order valence-electron chi connectivity index (χ3n) is 4.66. The summed E-state index contributed by atoms with van der Waals surface area (Å²) in [5, 5.41) is 11.2. The molecule has 1 fully saturated rings. The maximum atomic E-state index is 13.1. The summed E-state index contributed by atoms with van der Waals surface area (Å²) >= 11 is 2.20. The highest BCUT2D eigenvalue weighted by Gasteiger charge is 2.35. The summed E-state index contributed by atoms with van der Waals surface area (Å²) in [7, 11) is 0.955. The minimum absolute atomic E-state index is 0.0999. The van der Waals surface area contributed by atoms with E-state index in [1.807, 2.05) is 5.40 Å². The van der Waals surface area contributed by atoms with Crippen LogP contribution in [-0.2, 0) is 22.7 Å². The minimum Gasteiger partial charge on any atom is -0.344 e. The molecule has 1 aromatic carbocycles. The highest BCUT2D eigenvalue weighted by Crippen LogP contribution is 2.35. The van der Waals surface area contributed by atoms with E-state index in [-0.39, 0.29) is 18.4 Å². The van der Waals surface area contributed by atoms with E-state index in [9.17, 15) is 22.8 Å². The summed E-state index contributed by atoms with van der Waals surface area (Å²) in [6, 6.07) is 4.96. The zero-order valence-corrected chi connectivity index (χ0v) is 17.4. The first kappa shape index (κ1) is 21.6. The Balaban J connectivity index is 1.76. The van der Waals surface area contributed by atoms with Gasteiger partial charge < -0.3 is 9.47 Å². The van der Waals surface area contributed by atoms with E-state index in [1.165, 1.54) is 12.1 Å². The van der Waals surface area contributed by atoms with Gasteiger partial charge in [-0.1, -0.05) is 0 Å². The van der Waals surface area contributed by atoms with Crippen molar-refractivity contribution in [2.75, 3.05) is 12.4 Å². The van der Waals surface area contributed by atoms with Crippen LogP contribution in [0.2, 0.25) is 0 Å². The van der Waals surface area contributed by atoms with Crippen molar-refractivity contribution in [1.29, 1.82) is 5.26 Å². The van der Waals surface area contributed by atoms with Crippen LogP contribution in [0.1, 0.15) is 17.7 Å². The van der Waals surface area contributed by atoms with Gasteiger partial charge in [0.05, 0.1) is 23.1 Å². The number of ether oxygens (including phenoxy) is 2. The molecular formula is C18H13F3N4O4S2. The minimum atomic E-state index is -4.84. The Morgan fingerprint density at radius 1 is 1.35 bits per heavy atom. The van der Waals surface area contributed by atoms with Gasteiger partial charge in [0.15, 0.2) is 0 Å². The highest BCUT2D eigenvalue weighted by molar-refractivity contribution is 8.03. The van der Waals surface area contributed by atoms with E-state index < -0.39 is 29.4 Å². The van der Waals surface area contributed by atoms with E-state index in [0.29, 0.717) is 32.0 Å². The van der Waals surface area contributed by atoms with E-state index in [4.69, 9.17) is 14.7 Å². The van der Waals surface area contributed by atoms with E-state index in [0.717, 1.165) is 35.0 Å². The van der Waals surface area contributed by atoms with Gasteiger partial charge in [-0.05, 0) is 41.5 Å². The second kappa shape index (κ2) is 8.12. The first-order valence-corrected chi connectivity index (χ1v) is 10.5. The van der Waals surface area contributed by atoms with Crippen molar-refractivity contribution in [1.82, 2.24) is 13.5 Å². The fourth-order valence-electron chi connectivity index (χ4n) is 3.20. The largest absolute Gasteiger partial charge is 0.431 e.